The molecule has 5 nitrogen and oxygen atoms in total. The summed E-state index contributed by atoms with van der Waals surface area (Å²) in [6, 6.07) is 12.5. The maximum Gasteiger partial charge on any atom is 0.150 e. The molecule has 0 amide bonds. The van der Waals surface area contributed by atoms with Crippen molar-refractivity contribution in [2.75, 3.05) is 27.3 Å². The lowest BCUT2D eigenvalue weighted by Crippen LogP contribution is -2.61. The van der Waals surface area contributed by atoms with Crippen molar-refractivity contribution in [1.29, 1.82) is 0 Å². The Morgan fingerprint density at radius 1 is 1.23 bits per heavy atom. The second kappa shape index (κ2) is 6.60. The largest absolute Gasteiger partial charge is 0.377 e. The Hall–Kier alpha value is -1.69. The zero-order valence-electron chi connectivity index (χ0n) is 13.2. The van der Waals surface area contributed by atoms with E-state index < -0.39 is 0 Å². The van der Waals surface area contributed by atoms with Crippen molar-refractivity contribution in [3.8, 4) is 0 Å². The summed E-state index contributed by atoms with van der Waals surface area (Å²) in [6.07, 6.45) is 0.830. The van der Waals surface area contributed by atoms with E-state index in [2.05, 4.69) is 39.6 Å². The van der Waals surface area contributed by atoms with Crippen molar-refractivity contribution >= 4 is 0 Å². The van der Waals surface area contributed by atoms with Crippen LogP contribution in [0.4, 0.5) is 0 Å². The zero-order valence-corrected chi connectivity index (χ0v) is 13.2. The molecular weight excluding hydrogens is 278 g/mol. The number of hydrogen-bond donors (Lipinski definition) is 1. The van der Waals surface area contributed by atoms with Gasteiger partial charge in [-0.3, -0.25) is 0 Å². The van der Waals surface area contributed by atoms with E-state index >= 15 is 0 Å². The Morgan fingerprint density at radius 2 is 2.00 bits per heavy atom. The second-order valence-electron chi connectivity index (χ2n) is 6.31. The highest BCUT2D eigenvalue weighted by Crippen LogP contribution is 2.23. The minimum absolute atomic E-state index is 0.0257. The SMILES string of the molecule is CN(C)Cc1cc(CC2(NCc3ccccc3)COC2)no1. The first-order chi connectivity index (χ1) is 10.7. The predicted octanol–water partition coefficient (Wildman–Crippen LogP) is 1.84. The maximum absolute atomic E-state index is 5.44. The summed E-state index contributed by atoms with van der Waals surface area (Å²) in [5.41, 5.74) is 2.24. The molecule has 3 rings (SSSR count). The van der Waals surface area contributed by atoms with E-state index in [1.807, 2.05) is 26.2 Å². The normalized spacial score (nSPS) is 16.7. The highest BCUT2D eigenvalue weighted by Gasteiger charge is 2.39. The van der Waals surface area contributed by atoms with Gasteiger partial charge in [-0.2, -0.15) is 0 Å². The smallest absolute Gasteiger partial charge is 0.150 e. The van der Waals surface area contributed by atoms with Gasteiger partial charge in [0.05, 0.1) is 31.0 Å². The van der Waals surface area contributed by atoms with Gasteiger partial charge in [0.15, 0.2) is 5.76 Å². The van der Waals surface area contributed by atoms with E-state index in [0.717, 1.165) is 44.2 Å². The lowest BCUT2D eigenvalue weighted by atomic mass is 9.91. The van der Waals surface area contributed by atoms with Gasteiger partial charge in [0.25, 0.3) is 0 Å². The second-order valence-corrected chi connectivity index (χ2v) is 6.31. The van der Waals surface area contributed by atoms with Crippen LogP contribution in [0.25, 0.3) is 0 Å². The number of aromatic nitrogens is 1. The Balaban J connectivity index is 1.60. The molecule has 0 radical (unpaired) electrons. The standard InChI is InChI=1S/C17H23N3O2/c1-20(2)11-16-8-15(19-22-16)9-17(12-21-13-17)18-10-14-6-4-3-5-7-14/h3-8,18H,9-13H2,1-2H3. The number of nitrogens with zero attached hydrogens (tertiary/aromatic N) is 2. The average molecular weight is 301 g/mol. The minimum atomic E-state index is -0.0257. The van der Waals surface area contributed by atoms with E-state index in [9.17, 15) is 0 Å². The summed E-state index contributed by atoms with van der Waals surface area (Å²) < 4.78 is 10.8. The third kappa shape index (κ3) is 3.74. The highest BCUT2D eigenvalue weighted by molar-refractivity contribution is 5.17. The fraction of sp³-hybridized carbons (Fsp3) is 0.471. The van der Waals surface area contributed by atoms with Crippen LogP contribution in [0.5, 0.6) is 0 Å². The molecule has 1 aliphatic heterocycles. The summed E-state index contributed by atoms with van der Waals surface area (Å²) in [7, 11) is 4.04. The quantitative estimate of drug-likeness (QED) is 0.845. The molecule has 1 saturated heterocycles. The Kier molecular flexibility index (Phi) is 4.57. The van der Waals surface area contributed by atoms with Crippen LogP contribution in [0.2, 0.25) is 0 Å². The van der Waals surface area contributed by atoms with E-state index in [1.165, 1.54) is 5.56 Å². The number of nitrogens with one attached hydrogen (secondary N) is 1. The maximum atomic E-state index is 5.44. The molecule has 0 spiro atoms. The van der Waals surface area contributed by atoms with Crippen LogP contribution >= 0.6 is 0 Å². The summed E-state index contributed by atoms with van der Waals surface area (Å²) in [5.74, 6) is 0.901. The highest BCUT2D eigenvalue weighted by atomic mass is 16.5. The Morgan fingerprint density at radius 3 is 2.64 bits per heavy atom. The molecule has 0 saturated carbocycles. The topological polar surface area (TPSA) is 50.5 Å². The van der Waals surface area contributed by atoms with Crippen molar-refractivity contribution < 1.29 is 9.26 Å². The molecule has 1 N–H and O–H groups in total. The summed E-state index contributed by atoms with van der Waals surface area (Å²) in [5, 5.41) is 7.82. The molecule has 2 aromatic rings. The van der Waals surface area contributed by atoms with Crippen LogP contribution < -0.4 is 5.32 Å². The van der Waals surface area contributed by atoms with Crippen LogP contribution in [0.3, 0.4) is 0 Å². The van der Waals surface area contributed by atoms with Crippen LogP contribution in [0, 0.1) is 0 Å². The van der Waals surface area contributed by atoms with Gasteiger partial charge in [0.1, 0.15) is 0 Å². The molecular formula is C17H23N3O2. The van der Waals surface area contributed by atoms with Crippen molar-refractivity contribution in [2.24, 2.45) is 0 Å². The third-order valence-electron chi connectivity index (χ3n) is 3.87. The number of benzene rings is 1. The predicted molar refractivity (Wildman–Crippen MR) is 84.4 cm³/mol. The molecule has 0 aliphatic carbocycles. The number of rotatable bonds is 7. The third-order valence-corrected chi connectivity index (χ3v) is 3.87. The molecule has 118 valence electrons. The Bertz CT molecular complexity index is 591. The van der Waals surface area contributed by atoms with Gasteiger partial charge in [-0.1, -0.05) is 35.5 Å². The molecule has 1 aromatic heterocycles. The van der Waals surface area contributed by atoms with Gasteiger partial charge in [0.2, 0.25) is 0 Å². The van der Waals surface area contributed by atoms with Gasteiger partial charge >= 0.3 is 0 Å². The lowest BCUT2D eigenvalue weighted by molar-refractivity contribution is -0.0755. The summed E-state index contributed by atoms with van der Waals surface area (Å²) in [4.78, 5) is 2.07. The average Bonchev–Trinajstić information content (AvgIpc) is 2.89. The zero-order chi connectivity index (χ0) is 15.4. The first-order valence-electron chi connectivity index (χ1n) is 7.61. The molecule has 1 aliphatic rings. The molecule has 1 aromatic carbocycles. The number of hydrogen-bond acceptors (Lipinski definition) is 5. The van der Waals surface area contributed by atoms with E-state index in [0.29, 0.717) is 0 Å². The molecule has 1 fully saturated rings. The molecule has 5 heteroatoms. The summed E-state index contributed by atoms with van der Waals surface area (Å²) in [6.45, 7) is 3.05. The molecule has 22 heavy (non-hydrogen) atoms. The summed E-state index contributed by atoms with van der Waals surface area (Å²) >= 11 is 0. The van der Waals surface area contributed by atoms with Crippen molar-refractivity contribution in [3.63, 3.8) is 0 Å². The van der Waals surface area contributed by atoms with Gasteiger partial charge in [0, 0.05) is 19.0 Å². The van der Waals surface area contributed by atoms with E-state index in [-0.39, 0.29) is 5.54 Å². The fourth-order valence-electron chi connectivity index (χ4n) is 2.67. The van der Waals surface area contributed by atoms with Crippen LogP contribution in [-0.4, -0.2) is 42.9 Å². The van der Waals surface area contributed by atoms with Gasteiger partial charge < -0.3 is 19.5 Å². The number of ether oxygens (including phenoxy) is 1. The first kappa shape index (κ1) is 15.2. The molecule has 2 heterocycles. The van der Waals surface area contributed by atoms with E-state index in [1.54, 1.807) is 0 Å². The minimum Gasteiger partial charge on any atom is -0.377 e. The molecule has 0 unspecified atom stereocenters. The van der Waals surface area contributed by atoms with E-state index in [4.69, 9.17) is 9.26 Å². The van der Waals surface area contributed by atoms with Crippen LogP contribution in [0.15, 0.2) is 40.9 Å². The monoisotopic (exact) mass is 301 g/mol. The lowest BCUT2D eigenvalue weighted by Gasteiger charge is -2.42. The Labute approximate surface area is 131 Å². The van der Waals surface area contributed by atoms with Gasteiger partial charge in [-0.05, 0) is 19.7 Å². The van der Waals surface area contributed by atoms with Gasteiger partial charge in [-0.15, -0.1) is 0 Å². The van der Waals surface area contributed by atoms with Crippen molar-refractivity contribution in [1.82, 2.24) is 15.4 Å². The fourth-order valence-corrected chi connectivity index (χ4v) is 2.67. The van der Waals surface area contributed by atoms with Crippen molar-refractivity contribution in [3.05, 3.63) is 53.4 Å². The molecule has 0 atom stereocenters. The van der Waals surface area contributed by atoms with Crippen molar-refractivity contribution in [2.45, 2.75) is 25.0 Å². The van der Waals surface area contributed by atoms with Crippen LogP contribution in [0.1, 0.15) is 17.0 Å². The van der Waals surface area contributed by atoms with Gasteiger partial charge in [-0.25, -0.2) is 0 Å². The first-order valence-corrected chi connectivity index (χ1v) is 7.61. The van der Waals surface area contributed by atoms with Crippen LogP contribution in [-0.2, 0) is 24.2 Å². The molecule has 0 bridgehead atoms.